The maximum atomic E-state index is 13.0. The fourth-order valence-electron chi connectivity index (χ4n) is 1.29. The predicted molar refractivity (Wildman–Crippen MR) is 63.2 cm³/mol. The highest BCUT2D eigenvalue weighted by molar-refractivity contribution is 7.92. The Kier molecular flexibility index (Phi) is 3.74. The number of hydrogen-bond acceptors (Lipinski definition) is 3. The average molecular weight is 246 g/mol. The summed E-state index contributed by atoms with van der Waals surface area (Å²) in [7, 11) is -3.36. The van der Waals surface area contributed by atoms with Crippen molar-refractivity contribution in [3.8, 4) is 0 Å². The quantitative estimate of drug-likeness (QED) is 0.796. The van der Waals surface area contributed by atoms with Gasteiger partial charge in [-0.15, -0.1) is 0 Å². The Balaban J connectivity index is 3.04. The van der Waals surface area contributed by atoms with Gasteiger partial charge in [-0.1, -0.05) is 6.92 Å². The highest BCUT2D eigenvalue weighted by Crippen LogP contribution is 2.24. The molecule has 0 aliphatic carbocycles. The first-order valence-corrected chi connectivity index (χ1v) is 6.57. The van der Waals surface area contributed by atoms with Gasteiger partial charge in [0.15, 0.2) is 0 Å². The number of nitrogens with one attached hydrogen (secondary N) is 1. The highest BCUT2D eigenvalue weighted by atomic mass is 32.2. The lowest BCUT2D eigenvalue weighted by Crippen LogP contribution is -2.17. The molecule has 1 rings (SSSR count). The van der Waals surface area contributed by atoms with Gasteiger partial charge in [0.25, 0.3) is 0 Å². The van der Waals surface area contributed by atoms with Crippen molar-refractivity contribution in [3.63, 3.8) is 0 Å². The molecule has 0 spiro atoms. The summed E-state index contributed by atoms with van der Waals surface area (Å²) in [4.78, 5) is 0. The minimum atomic E-state index is -3.36. The normalized spacial score (nSPS) is 11.4. The van der Waals surface area contributed by atoms with Gasteiger partial charge in [-0.2, -0.15) is 0 Å². The van der Waals surface area contributed by atoms with E-state index >= 15 is 0 Å². The number of hydrogen-bond donors (Lipinski definition) is 2. The van der Waals surface area contributed by atoms with Crippen molar-refractivity contribution < 1.29 is 12.8 Å². The highest BCUT2D eigenvalue weighted by Gasteiger charge is 2.13. The van der Waals surface area contributed by atoms with Crippen molar-refractivity contribution in [1.82, 2.24) is 0 Å². The summed E-state index contributed by atoms with van der Waals surface area (Å²) >= 11 is 0. The first-order chi connectivity index (χ1) is 7.37. The molecule has 0 bridgehead atoms. The van der Waals surface area contributed by atoms with Crippen molar-refractivity contribution in [3.05, 3.63) is 23.5 Å². The third-order valence-corrected chi connectivity index (χ3v) is 3.68. The van der Waals surface area contributed by atoms with Gasteiger partial charge in [-0.25, -0.2) is 12.8 Å². The van der Waals surface area contributed by atoms with Gasteiger partial charge < -0.3 is 5.73 Å². The van der Waals surface area contributed by atoms with Crippen LogP contribution in [0.2, 0.25) is 0 Å². The SMILES string of the molecule is CCCS(=O)(=O)Nc1ccc(F)c(N)c1C. The Labute approximate surface area is 94.7 Å². The van der Waals surface area contributed by atoms with E-state index in [1.807, 2.05) is 0 Å². The summed E-state index contributed by atoms with van der Waals surface area (Å²) in [5.74, 6) is -0.514. The molecule has 0 heterocycles. The molecule has 1 aromatic carbocycles. The van der Waals surface area contributed by atoms with Crippen molar-refractivity contribution in [1.29, 1.82) is 0 Å². The molecule has 4 nitrogen and oxygen atoms in total. The number of halogens is 1. The summed E-state index contributed by atoms with van der Waals surface area (Å²) in [5, 5.41) is 0. The van der Waals surface area contributed by atoms with E-state index in [0.29, 0.717) is 17.7 Å². The van der Waals surface area contributed by atoms with Crippen molar-refractivity contribution in [2.45, 2.75) is 20.3 Å². The smallest absolute Gasteiger partial charge is 0.232 e. The zero-order valence-corrected chi connectivity index (χ0v) is 10.1. The van der Waals surface area contributed by atoms with Gasteiger partial charge in [0.05, 0.1) is 17.1 Å². The molecule has 0 fully saturated rings. The van der Waals surface area contributed by atoms with Crippen molar-refractivity contribution in [2.24, 2.45) is 0 Å². The summed E-state index contributed by atoms with van der Waals surface area (Å²) in [6.07, 6.45) is 0.519. The molecule has 0 aliphatic heterocycles. The molecule has 0 unspecified atom stereocenters. The minimum Gasteiger partial charge on any atom is -0.396 e. The molecule has 0 radical (unpaired) electrons. The zero-order valence-electron chi connectivity index (χ0n) is 9.25. The topological polar surface area (TPSA) is 72.2 Å². The van der Waals surface area contributed by atoms with E-state index in [1.54, 1.807) is 13.8 Å². The molecule has 0 amide bonds. The van der Waals surface area contributed by atoms with Crippen molar-refractivity contribution in [2.75, 3.05) is 16.2 Å². The van der Waals surface area contributed by atoms with E-state index in [4.69, 9.17) is 5.73 Å². The van der Waals surface area contributed by atoms with Crippen LogP contribution in [0.4, 0.5) is 15.8 Å². The molecule has 0 aliphatic rings. The Morgan fingerprint density at radius 3 is 2.62 bits per heavy atom. The number of anilines is 2. The minimum absolute atomic E-state index is 0.0308. The lowest BCUT2D eigenvalue weighted by atomic mass is 10.1. The van der Waals surface area contributed by atoms with Crippen LogP contribution in [0, 0.1) is 12.7 Å². The maximum Gasteiger partial charge on any atom is 0.232 e. The second-order valence-corrected chi connectivity index (χ2v) is 5.40. The number of sulfonamides is 1. The lowest BCUT2D eigenvalue weighted by molar-refractivity contribution is 0.599. The summed E-state index contributed by atoms with van der Waals surface area (Å²) < 4.78 is 38.4. The standard InChI is InChI=1S/C10H15FN2O2S/c1-3-6-16(14,15)13-9-5-4-8(11)10(12)7(9)2/h4-5,13H,3,6,12H2,1-2H3. The van der Waals surface area contributed by atoms with E-state index in [0.717, 1.165) is 6.07 Å². The lowest BCUT2D eigenvalue weighted by Gasteiger charge is -2.11. The van der Waals surface area contributed by atoms with E-state index in [1.165, 1.54) is 6.07 Å². The van der Waals surface area contributed by atoms with Crippen LogP contribution in [0.1, 0.15) is 18.9 Å². The third-order valence-electron chi connectivity index (χ3n) is 2.20. The molecular formula is C10H15FN2O2S. The Morgan fingerprint density at radius 1 is 1.44 bits per heavy atom. The van der Waals surface area contributed by atoms with Gasteiger partial charge in [-0.3, -0.25) is 4.72 Å². The molecule has 0 saturated carbocycles. The van der Waals surface area contributed by atoms with Crippen LogP contribution in [0.3, 0.4) is 0 Å². The van der Waals surface area contributed by atoms with Crippen LogP contribution in [0.5, 0.6) is 0 Å². The van der Waals surface area contributed by atoms with E-state index < -0.39 is 15.8 Å². The third kappa shape index (κ3) is 2.85. The molecule has 0 atom stereocenters. The molecule has 6 heteroatoms. The van der Waals surface area contributed by atoms with Gasteiger partial charge in [-0.05, 0) is 31.0 Å². The summed E-state index contributed by atoms with van der Waals surface area (Å²) in [5.41, 5.74) is 6.16. The van der Waals surface area contributed by atoms with Crippen LogP contribution in [0.25, 0.3) is 0 Å². The average Bonchev–Trinajstić information content (AvgIpc) is 2.19. The summed E-state index contributed by atoms with van der Waals surface area (Å²) in [6, 6.07) is 2.51. The van der Waals surface area contributed by atoms with E-state index in [-0.39, 0.29) is 11.4 Å². The molecular weight excluding hydrogens is 231 g/mol. The largest absolute Gasteiger partial charge is 0.396 e. The van der Waals surface area contributed by atoms with Gasteiger partial charge >= 0.3 is 0 Å². The van der Waals surface area contributed by atoms with Gasteiger partial charge in [0, 0.05) is 0 Å². The monoisotopic (exact) mass is 246 g/mol. The molecule has 3 N–H and O–H groups in total. The number of benzene rings is 1. The van der Waals surface area contributed by atoms with Crippen LogP contribution in [-0.2, 0) is 10.0 Å². The number of nitrogens with two attached hydrogens (primary N) is 1. The Morgan fingerprint density at radius 2 is 2.06 bits per heavy atom. The van der Waals surface area contributed by atoms with E-state index in [9.17, 15) is 12.8 Å². The second-order valence-electron chi connectivity index (χ2n) is 3.55. The van der Waals surface area contributed by atoms with Crippen LogP contribution in [-0.4, -0.2) is 14.2 Å². The molecule has 90 valence electrons. The fourth-order valence-corrected chi connectivity index (χ4v) is 2.49. The zero-order chi connectivity index (χ0) is 12.3. The van der Waals surface area contributed by atoms with Crippen LogP contribution >= 0.6 is 0 Å². The fraction of sp³-hybridized carbons (Fsp3) is 0.400. The van der Waals surface area contributed by atoms with Crippen LogP contribution in [0.15, 0.2) is 12.1 Å². The number of nitrogen functional groups attached to an aromatic ring is 1. The van der Waals surface area contributed by atoms with Crippen LogP contribution < -0.4 is 10.5 Å². The summed E-state index contributed by atoms with van der Waals surface area (Å²) in [6.45, 7) is 3.34. The Bertz CT molecular complexity index is 486. The Hall–Kier alpha value is -1.30. The predicted octanol–water partition coefficient (Wildman–Crippen LogP) is 1.87. The molecule has 0 aromatic heterocycles. The number of rotatable bonds is 4. The second kappa shape index (κ2) is 4.69. The molecule has 0 saturated heterocycles. The van der Waals surface area contributed by atoms with Crippen molar-refractivity contribution >= 4 is 21.4 Å². The molecule has 1 aromatic rings. The van der Waals surface area contributed by atoms with Gasteiger partial charge in [0.1, 0.15) is 5.82 Å². The maximum absolute atomic E-state index is 13.0. The van der Waals surface area contributed by atoms with E-state index in [2.05, 4.69) is 4.72 Å². The molecule has 16 heavy (non-hydrogen) atoms. The first-order valence-electron chi connectivity index (χ1n) is 4.92. The van der Waals surface area contributed by atoms with Gasteiger partial charge in [0.2, 0.25) is 10.0 Å². The first kappa shape index (κ1) is 12.8.